The van der Waals surface area contributed by atoms with E-state index in [0.29, 0.717) is 6.04 Å². The van der Waals surface area contributed by atoms with Crippen molar-refractivity contribution in [2.24, 2.45) is 0 Å². The number of carbonyl (C=O) groups is 1. The number of hydrogen-bond acceptors (Lipinski definition) is 2. The van der Waals surface area contributed by atoms with E-state index in [2.05, 4.69) is 10.2 Å². The van der Waals surface area contributed by atoms with Gasteiger partial charge in [-0.05, 0) is 49.7 Å². The predicted molar refractivity (Wildman–Crippen MR) is 95.6 cm³/mol. The normalized spacial score (nSPS) is 21.3. The topological polar surface area (TPSA) is 40.5 Å². The molecule has 1 N–H and O–H groups in total. The van der Waals surface area contributed by atoms with Gasteiger partial charge in [0.15, 0.2) is 0 Å². The van der Waals surface area contributed by atoms with Crippen molar-refractivity contribution >= 4 is 11.7 Å². The van der Waals surface area contributed by atoms with E-state index in [1.807, 2.05) is 58.3 Å². The number of fused-ring (bicyclic) bond motifs is 1. The molecular weight excluding hydrogens is 300 g/mol. The number of rotatable bonds is 2. The van der Waals surface area contributed by atoms with Crippen LogP contribution in [0.5, 0.6) is 0 Å². The number of urea groups is 1. The Morgan fingerprint density at radius 3 is 2.79 bits per heavy atom. The van der Waals surface area contributed by atoms with Crippen LogP contribution in [0.25, 0.3) is 5.69 Å². The van der Waals surface area contributed by atoms with E-state index in [0.717, 1.165) is 31.0 Å². The first-order chi connectivity index (χ1) is 11.8. The molecule has 4 rings (SSSR count). The van der Waals surface area contributed by atoms with Crippen molar-refractivity contribution in [1.82, 2.24) is 14.4 Å². The molecule has 2 saturated heterocycles. The Kier molecular flexibility index (Phi) is 4.26. The second-order valence-corrected chi connectivity index (χ2v) is 6.70. The molecule has 3 heterocycles. The molecule has 1 aromatic carbocycles. The molecular formula is C19H24N4O. The molecule has 2 fully saturated rings. The quantitative estimate of drug-likeness (QED) is 0.922. The highest BCUT2D eigenvalue weighted by molar-refractivity contribution is 5.89. The van der Waals surface area contributed by atoms with Crippen LogP contribution in [0.4, 0.5) is 10.5 Å². The predicted octanol–water partition coefficient (Wildman–Crippen LogP) is 3.18. The van der Waals surface area contributed by atoms with Gasteiger partial charge in [0, 0.05) is 49.4 Å². The van der Waals surface area contributed by atoms with Gasteiger partial charge >= 0.3 is 6.03 Å². The molecule has 0 radical (unpaired) electrons. The zero-order valence-corrected chi connectivity index (χ0v) is 13.9. The van der Waals surface area contributed by atoms with Crippen LogP contribution < -0.4 is 5.32 Å². The Labute approximate surface area is 142 Å². The van der Waals surface area contributed by atoms with Gasteiger partial charge in [-0.15, -0.1) is 0 Å². The first kappa shape index (κ1) is 15.3. The van der Waals surface area contributed by atoms with Gasteiger partial charge in [0.2, 0.25) is 0 Å². The van der Waals surface area contributed by atoms with Crippen LogP contribution in [-0.4, -0.2) is 52.6 Å². The van der Waals surface area contributed by atoms with E-state index < -0.39 is 0 Å². The zero-order chi connectivity index (χ0) is 16.4. The third-order valence-electron chi connectivity index (χ3n) is 5.12. The summed E-state index contributed by atoms with van der Waals surface area (Å²) in [4.78, 5) is 17.1. The van der Waals surface area contributed by atoms with Crippen LogP contribution in [0.2, 0.25) is 0 Å². The van der Waals surface area contributed by atoms with E-state index in [4.69, 9.17) is 0 Å². The van der Waals surface area contributed by atoms with Crippen LogP contribution in [0, 0.1) is 0 Å². The Hall–Kier alpha value is -2.27. The molecule has 24 heavy (non-hydrogen) atoms. The summed E-state index contributed by atoms with van der Waals surface area (Å²) in [5.41, 5.74) is 1.90. The lowest BCUT2D eigenvalue weighted by molar-refractivity contribution is 0.0678. The largest absolute Gasteiger partial charge is 0.324 e. The zero-order valence-electron chi connectivity index (χ0n) is 13.9. The second kappa shape index (κ2) is 6.69. The Morgan fingerprint density at radius 2 is 1.92 bits per heavy atom. The third-order valence-corrected chi connectivity index (χ3v) is 5.12. The highest BCUT2D eigenvalue weighted by atomic mass is 16.2. The summed E-state index contributed by atoms with van der Waals surface area (Å²) in [6.07, 6.45) is 7.81. The number of aromatic nitrogens is 1. The van der Waals surface area contributed by atoms with Crippen LogP contribution in [0.3, 0.4) is 0 Å². The van der Waals surface area contributed by atoms with Crippen molar-refractivity contribution in [2.45, 2.75) is 25.3 Å². The molecule has 2 aromatic rings. The van der Waals surface area contributed by atoms with Crippen molar-refractivity contribution in [1.29, 1.82) is 0 Å². The molecule has 5 nitrogen and oxygen atoms in total. The fraction of sp³-hybridized carbons (Fsp3) is 0.421. The van der Waals surface area contributed by atoms with E-state index in [-0.39, 0.29) is 6.03 Å². The number of amides is 2. The van der Waals surface area contributed by atoms with Crippen molar-refractivity contribution < 1.29 is 4.79 Å². The molecule has 2 amide bonds. The molecule has 126 valence electrons. The van der Waals surface area contributed by atoms with Crippen LogP contribution >= 0.6 is 0 Å². The number of piperidine rings is 1. The third kappa shape index (κ3) is 3.17. The first-order valence-corrected chi connectivity index (χ1v) is 8.83. The van der Waals surface area contributed by atoms with Crippen molar-refractivity contribution in [3.63, 3.8) is 0 Å². The van der Waals surface area contributed by atoms with Gasteiger partial charge in [-0.3, -0.25) is 4.90 Å². The average molecular weight is 324 g/mol. The fourth-order valence-corrected chi connectivity index (χ4v) is 3.79. The van der Waals surface area contributed by atoms with E-state index >= 15 is 0 Å². The van der Waals surface area contributed by atoms with Crippen molar-refractivity contribution in [2.75, 3.05) is 31.5 Å². The van der Waals surface area contributed by atoms with E-state index in [9.17, 15) is 4.79 Å². The van der Waals surface area contributed by atoms with Crippen LogP contribution in [-0.2, 0) is 0 Å². The van der Waals surface area contributed by atoms with Crippen LogP contribution in [0.1, 0.15) is 19.3 Å². The Balaban J connectivity index is 1.42. The van der Waals surface area contributed by atoms with E-state index in [1.54, 1.807) is 0 Å². The molecule has 0 unspecified atom stereocenters. The number of piperazine rings is 1. The molecule has 0 bridgehead atoms. The second-order valence-electron chi connectivity index (χ2n) is 6.70. The molecule has 0 aliphatic carbocycles. The molecule has 0 saturated carbocycles. The van der Waals surface area contributed by atoms with Gasteiger partial charge in [0.05, 0.1) is 0 Å². The van der Waals surface area contributed by atoms with E-state index in [1.165, 1.54) is 25.8 Å². The van der Waals surface area contributed by atoms with Gasteiger partial charge in [-0.1, -0.05) is 12.5 Å². The van der Waals surface area contributed by atoms with Gasteiger partial charge in [-0.25, -0.2) is 4.79 Å². The summed E-state index contributed by atoms with van der Waals surface area (Å²) in [5, 5.41) is 3.06. The number of anilines is 1. The lowest BCUT2D eigenvalue weighted by Gasteiger charge is -2.43. The molecule has 2 aliphatic rings. The molecule has 2 aliphatic heterocycles. The van der Waals surface area contributed by atoms with Gasteiger partial charge in [0.1, 0.15) is 0 Å². The molecule has 1 atom stereocenters. The molecule has 1 aromatic heterocycles. The minimum Gasteiger partial charge on any atom is -0.324 e. The molecule has 5 heteroatoms. The SMILES string of the molecule is O=C(Nc1cccc(-n2cccc2)c1)N1CCN2CCCC[C@H]2C1. The Bertz CT molecular complexity index is 697. The molecule has 0 spiro atoms. The van der Waals surface area contributed by atoms with Crippen LogP contribution in [0.15, 0.2) is 48.8 Å². The maximum absolute atomic E-state index is 12.6. The summed E-state index contributed by atoms with van der Waals surface area (Å²) in [6.45, 7) is 3.86. The fourth-order valence-electron chi connectivity index (χ4n) is 3.79. The summed E-state index contributed by atoms with van der Waals surface area (Å²) in [5.74, 6) is 0. The maximum atomic E-state index is 12.6. The lowest BCUT2D eigenvalue weighted by Crippen LogP contribution is -2.56. The number of nitrogens with one attached hydrogen (secondary N) is 1. The van der Waals surface area contributed by atoms with Crippen molar-refractivity contribution in [3.8, 4) is 5.69 Å². The summed E-state index contributed by atoms with van der Waals surface area (Å²) in [6, 6.07) is 12.5. The number of nitrogens with zero attached hydrogens (tertiary/aromatic N) is 3. The highest BCUT2D eigenvalue weighted by Gasteiger charge is 2.30. The highest BCUT2D eigenvalue weighted by Crippen LogP contribution is 2.22. The number of benzene rings is 1. The van der Waals surface area contributed by atoms with Gasteiger partial charge in [-0.2, -0.15) is 0 Å². The maximum Gasteiger partial charge on any atom is 0.321 e. The lowest BCUT2D eigenvalue weighted by atomic mass is 10.00. The summed E-state index contributed by atoms with van der Waals surface area (Å²) in [7, 11) is 0. The van der Waals surface area contributed by atoms with Crippen molar-refractivity contribution in [3.05, 3.63) is 48.8 Å². The smallest absolute Gasteiger partial charge is 0.321 e. The Morgan fingerprint density at radius 1 is 1.04 bits per heavy atom. The summed E-state index contributed by atoms with van der Waals surface area (Å²) >= 11 is 0. The number of hydrogen-bond donors (Lipinski definition) is 1. The summed E-state index contributed by atoms with van der Waals surface area (Å²) < 4.78 is 2.04. The van der Waals surface area contributed by atoms with Gasteiger partial charge < -0.3 is 14.8 Å². The minimum absolute atomic E-state index is 0.0184. The standard InChI is InChI=1S/C19H24N4O/c24-19(23-13-12-22-9-2-1-7-18(22)15-23)20-16-6-5-8-17(14-16)21-10-3-4-11-21/h3-6,8,10-11,14,18H,1-2,7,9,12-13,15H2,(H,20,24)/t18-/m0/s1. The first-order valence-electron chi connectivity index (χ1n) is 8.83. The monoisotopic (exact) mass is 324 g/mol. The number of carbonyl (C=O) groups excluding carboxylic acids is 1. The van der Waals surface area contributed by atoms with Gasteiger partial charge in [0.25, 0.3) is 0 Å². The average Bonchev–Trinajstić information content (AvgIpc) is 3.16. The minimum atomic E-state index is 0.0184.